The van der Waals surface area contributed by atoms with Gasteiger partial charge in [-0.15, -0.1) is 0 Å². The molecule has 0 unspecified atom stereocenters. The zero-order chi connectivity index (χ0) is 17.8. The van der Waals surface area contributed by atoms with Crippen LogP contribution in [0.25, 0.3) is 0 Å². The number of benzene rings is 1. The van der Waals surface area contributed by atoms with Gasteiger partial charge in [-0.2, -0.15) is 0 Å². The number of likely N-dealkylation sites (tertiary alicyclic amines) is 1. The number of nitrogens with one attached hydrogen (secondary N) is 1. The quantitative estimate of drug-likeness (QED) is 0.860. The van der Waals surface area contributed by atoms with Gasteiger partial charge in [-0.25, -0.2) is 4.39 Å². The summed E-state index contributed by atoms with van der Waals surface area (Å²) in [7, 11) is 0. The Morgan fingerprint density at radius 2 is 1.88 bits per heavy atom. The lowest BCUT2D eigenvalue weighted by Gasteiger charge is -2.38. The van der Waals surface area contributed by atoms with E-state index < -0.39 is 0 Å². The van der Waals surface area contributed by atoms with Gasteiger partial charge in [0.05, 0.1) is 0 Å². The molecule has 2 aliphatic rings. The van der Waals surface area contributed by atoms with E-state index in [4.69, 9.17) is 0 Å². The van der Waals surface area contributed by atoms with Crippen LogP contribution in [-0.4, -0.2) is 29.8 Å². The van der Waals surface area contributed by atoms with E-state index in [1.54, 1.807) is 12.1 Å². The molecule has 2 amide bonds. The average molecular weight is 346 g/mol. The van der Waals surface area contributed by atoms with Crippen molar-refractivity contribution in [1.82, 2.24) is 10.2 Å². The Hall–Kier alpha value is -1.91. The molecular formula is C20H27FN2O2. The monoisotopic (exact) mass is 346 g/mol. The molecule has 1 saturated carbocycles. The summed E-state index contributed by atoms with van der Waals surface area (Å²) < 4.78 is 12.9. The molecule has 1 heterocycles. The van der Waals surface area contributed by atoms with Gasteiger partial charge in [0.1, 0.15) is 5.82 Å². The van der Waals surface area contributed by atoms with Crippen LogP contribution in [0.1, 0.15) is 44.6 Å². The highest BCUT2D eigenvalue weighted by atomic mass is 19.1. The van der Waals surface area contributed by atoms with Crippen LogP contribution in [0.3, 0.4) is 0 Å². The number of rotatable bonds is 6. The van der Waals surface area contributed by atoms with Gasteiger partial charge in [-0.1, -0.05) is 25.5 Å². The lowest BCUT2D eigenvalue weighted by Crippen LogP contribution is -2.45. The Morgan fingerprint density at radius 3 is 2.52 bits per heavy atom. The van der Waals surface area contributed by atoms with Crippen LogP contribution in [0.2, 0.25) is 0 Å². The summed E-state index contributed by atoms with van der Waals surface area (Å²) in [5, 5.41) is 2.93. The summed E-state index contributed by atoms with van der Waals surface area (Å²) in [6, 6.07) is 6.18. The highest BCUT2D eigenvalue weighted by molar-refractivity contribution is 5.81. The van der Waals surface area contributed by atoms with Crippen molar-refractivity contribution >= 4 is 11.8 Å². The van der Waals surface area contributed by atoms with Crippen molar-refractivity contribution in [3.05, 3.63) is 35.6 Å². The van der Waals surface area contributed by atoms with E-state index in [-0.39, 0.29) is 17.6 Å². The minimum Gasteiger partial charge on any atom is -0.352 e. The van der Waals surface area contributed by atoms with E-state index in [2.05, 4.69) is 12.2 Å². The number of piperidine rings is 1. The average Bonchev–Trinajstić information content (AvgIpc) is 3.46. The highest BCUT2D eigenvalue weighted by Crippen LogP contribution is 2.35. The minimum absolute atomic E-state index is 0.0368. The summed E-state index contributed by atoms with van der Waals surface area (Å²) in [5.41, 5.74) is 0.895. The maximum atomic E-state index is 12.9. The molecule has 25 heavy (non-hydrogen) atoms. The third-order valence-electron chi connectivity index (χ3n) is 5.50. The number of hydrogen-bond acceptors (Lipinski definition) is 2. The number of hydrogen-bond donors (Lipinski definition) is 1. The number of amides is 2. The Kier molecular flexibility index (Phi) is 5.71. The largest absolute Gasteiger partial charge is 0.352 e. The molecule has 136 valence electrons. The predicted octanol–water partition coefficient (Wildman–Crippen LogP) is 3.12. The van der Waals surface area contributed by atoms with Crippen molar-refractivity contribution in [2.24, 2.45) is 17.8 Å². The Bertz CT molecular complexity index is 613. The standard InChI is InChI=1S/C20H27FN2O2/c1-2-15-13-23(20(25)16-5-6-16)10-9-17(15)11-19(24)22-12-14-3-7-18(21)8-4-14/h3-4,7-8,15-17H,2,5-6,9-13H2,1H3,(H,22,24)/t15-,17+/m1/s1. The van der Waals surface area contributed by atoms with Gasteiger partial charge in [0.25, 0.3) is 0 Å². The van der Waals surface area contributed by atoms with Gasteiger partial charge in [-0.3, -0.25) is 9.59 Å². The Balaban J connectivity index is 1.47. The Morgan fingerprint density at radius 1 is 1.16 bits per heavy atom. The molecule has 1 aromatic rings. The fraction of sp³-hybridized carbons (Fsp3) is 0.600. The molecule has 2 atom stereocenters. The molecule has 1 aliphatic heterocycles. The van der Waals surface area contributed by atoms with Crippen molar-refractivity contribution in [2.75, 3.05) is 13.1 Å². The van der Waals surface area contributed by atoms with E-state index >= 15 is 0 Å². The summed E-state index contributed by atoms with van der Waals surface area (Å²) >= 11 is 0. The van der Waals surface area contributed by atoms with Crippen LogP contribution < -0.4 is 5.32 Å². The zero-order valence-corrected chi connectivity index (χ0v) is 14.8. The Labute approximate surface area is 148 Å². The van der Waals surface area contributed by atoms with Gasteiger partial charge < -0.3 is 10.2 Å². The lowest BCUT2D eigenvalue weighted by molar-refractivity contribution is -0.135. The van der Waals surface area contributed by atoms with Gasteiger partial charge in [0.15, 0.2) is 0 Å². The first kappa shape index (κ1) is 17.9. The van der Waals surface area contributed by atoms with Crippen LogP contribution in [-0.2, 0) is 16.1 Å². The summed E-state index contributed by atoms with van der Waals surface area (Å²) in [6.45, 7) is 4.14. The molecule has 2 fully saturated rings. The van der Waals surface area contributed by atoms with E-state index in [0.717, 1.165) is 44.3 Å². The maximum absolute atomic E-state index is 12.9. The first-order chi connectivity index (χ1) is 12.1. The van der Waals surface area contributed by atoms with Gasteiger partial charge in [0.2, 0.25) is 11.8 Å². The fourth-order valence-corrected chi connectivity index (χ4v) is 3.71. The number of nitrogens with zero attached hydrogens (tertiary/aromatic N) is 1. The van der Waals surface area contributed by atoms with Gasteiger partial charge in [-0.05, 0) is 48.8 Å². The third kappa shape index (κ3) is 4.80. The van der Waals surface area contributed by atoms with Crippen molar-refractivity contribution in [1.29, 1.82) is 0 Å². The van der Waals surface area contributed by atoms with E-state index in [1.165, 1.54) is 12.1 Å². The first-order valence-corrected chi connectivity index (χ1v) is 9.36. The minimum atomic E-state index is -0.270. The second kappa shape index (κ2) is 7.98. The third-order valence-corrected chi connectivity index (χ3v) is 5.50. The molecule has 3 rings (SSSR count). The fourth-order valence-electron chi connectivity index (χ4n) is 3.71. The molecule has 4 nitrogen and oxygen atoms in total. The topological polar surface area (TPSA) is 49.4 Å². The van der Waals surface area contributed by atoms with E-state index in [9.17, 15) is 14.0 Å². The second-order valence-corrected chi connectivity index (χ2v) is 7.38. The highest BCUT2D eigenvalue weighted by Gasteiger charge is 2.37. The van der Waals surface area contributed by atoms with Crippen LogP contribution in [0.4, 0.5) is 4.39 Å². The van der Waals surface area contributed by atoms with Crippen molar-refractivity contribution in [3.8, 4) is 0 Å². The predicted molar refractivity (Wildman–Crippen MR) is 94.1 cm³/mol. The molecule has 0 bridgehead atoms. The van der Waals surface area contributed by atoms with E-state index in [1.807, 2.05) is 4.90 Å². The smallest absolute Gasteiger partial charge is 0.225 e. The molecular weight excluding hydrogens is 319 g/mol. The molecule has 0 spiro atoms. The molecule has 5 heteroatoms. The van der Waals surface area contributed by atoms with Crippen LogP contribution in [0, 0.1) is 23.6 Å². The van der Waals surface area contributed by atoms with Crippen LogP contribution >= 0.6 is 0 Å². The zero-order valence-electron chi connectivity index (χ0n) is 14.8. The van der Waals surface area contributed by atoms with Crippen LogP contribution in [0.15, 0.2) is 24.3 Å². The van der Waals surface area contributed by atoms with Crippen LogP contribution in [0.5, 0.6) is 0 Å². The van der Waals surface area contributed by atoms with E-state index in [0.29, 0.717) is 30.7 Å². The lowest BCUT2D eigenvalue weighted by atomic mass is 9.81. The van der Waals surface area contributed by atoms with Gasteiger partial charge >= 0.3 is 0 Å². The summed E-state index contributed by atoms with van der Waals surface area (Å²) in [4.78, 5) is 26.5. The number of halogens is 1. The van der Waals surface area contributed by atoms with Crippen molar-refractivity contribution in [2.45, 2.75) is 45.6 Å². The second-order valence-electron chi connectivity index (χ2n) is 7.38. The molecule has 1 N–H and O–H groups in total. The maximum Gasteiger partial charge on any atom is 0.225 e. The number of carbonyl (C=O) groups excluding carboxylic acids is 2. The summed E-state index contributed by atoms with van der Waals surface area (Å²) in [5.74, 6) is 1.09. The van der Waals surface area contributed by atoms with Crippen molar-refractivity contribution < 1.29 is 14.0 Å². The first-order valence-electron chi connectivity index (χ1n) is 9.36. The molecule has 1 saturated heterocycles. The van der Waals surface area contributed by atoms with Crippen molar-refractivity contribution in [3.63, 3.8) is 0 Å². The van der Waals surface area contributed by atoms with Gasteiger partial charge in [0, 0.05) is 32.0 Å². The number of carbonyl (C=O) groups is 2. The normalized spacial score (nSPS) is 23.4. The summed E-state index contributed by atoms with van der Waals surface area (Å²) in [6.07, 6.45) is 4.49. The molecule has 0 radical (unpaired) electrons. The molecule has 1 aromatic carbocycles. The molecule has 1 aliphatic carbocycles. The SMILES string of the molecule is CC[C@@H]1CN(C(=O)C2CC2)CC[C@H]1CC(=O)NCc1ccc(F)cc1. The molecule has 0 aromatic heterocycles.